The van der Waals surface area contributed by atoms with E-state index in [1.807, 2.05) is 0 Å². The molecule has 1 aromatic rings. The lowest BCUT2D eigenvalue weighted by molar-refractivity contribution is 0.596. The molecule has 32 heavy (non-hydrogen) atoms. The SMILES string of the molecule is CNS(=O)(=O)C=C1C=CC=C(Nc2nc(NC3=CC=CC(=CS(N)(=O)=O)C3)ncc2F)C1. The molecule has 0 saturated heterocycles. The summed E-state index contributed by atoms with van der Waals surface area (Å²) in [5, 5.41) is 12.9. The van der Waals surface area contributed by atoms with Crippen molar-refractivity contribution in [3.63, 3.8) is 0 Å². The number of anilines is 2. The van der Waals surface area contributed by atoms with Gasteiger partial charge in [0.15, 0.2) is 11.6 Å². The van der Waals surface area contributed by atoms with Gasteiger partial charge in [-0.15, -0.1) is 0 Å². The normalized spacial score (nSPS) is 19.1. The fourth-order valence-corrected chi connectivity index (χ4v) is 4.13. The Kier molecular flexibility index (Phi) is 7.03. The molecule has 0 amide bonds. The zero-order chi connectivity index (χ0) is 23.4. The molecule has 0 saturated carbocycles. The van der Waals surface area contributed by atoms with Crippen molar-refractivity contribution in [2.45, 2.75) is 12.8 Å². The van der Waals surface area contributed by atoms with Gasteiger partial charge in [-0.2, -0.15) is 4.98 Å². The van der Waals surface area contributed by atoms with Crippen molar-refractivity contribution in [1.82, 2.24) is 14.7 Å². The maximum atomic E-state index is 14.3. The minimum atomic E-state index is -3.78. The number of nitrogens with one attached hydrogen (secondary N) is 3. The molecule has 5 N–H and O–H groups in total. The average Bonchev–Trinajstić information content (AvgIpc) is 2.69. The van der Waals surface area contributed by atoms with E-state index in [1.165, 1.54) is 7.05 Å². The Hall–Kier alpha value is -3.13. The molecule has 3 rings (SSSR count). The first-order valence-electron chi connectivity index (χ1n) is 9.21. The molecule has 1 heterocycles. The van der Waals surface area contributed by atoms with Crippen LogP contribution in [0, 0.1) is 5.82 Å². The molecule has 13 heteroatoms. The van der Waals surface area contributed by atoms with Gasteiger partial charge in [-0.3, -0.25) is 0 Å². The van der Waals surface area contributed by atoms with E-state index in [2.05, 4.69) is 25.3 Å². The van der Waals surface area contributed by atoms with Crippen LogP contribution in [0.15, 0.2) is 76.0 Å². The molecule has 0 spiro atoms. The molecule has 0 aliphatic heterocycles. The topological polar surface area (TPSA) is 156 Å². The van der Waals surface area contributed by atoms with Gasteiger partial charge in [-0.05, 0) is 30.3 Å². The van der Waals surface area contributed by atoms with E-state index in [4.69, 9.17) is 5.14 Å². The first kappa shape index (κ1) is 23.5. The van der Waals surface area contributed by atoms with Crippen LogP contribution in [-0.4, -0.2) is 33.9 Å². The molecule has 2 aliphatic carbocycles. The van der Waals surface area contributed by atoms with Crippen molar-refractivity contribution in [3.05, 3.63) is 81.8 Å². The molecular formula is C19H21FN6O4S2. The largest absolute Gasteiger partial charge is 0.341 e. The predicted molar refractivity (Wildman–Crippen MR) is 120 cm³/mol. The highest BCUT2D eigenvalue weighted by Crippen LogP contribution is 2.24. The third kappa shape index (κ3) is 6.95. The van der Waals surface area contributed by atoms with Gasteiger partial charge in [0.1, 0.15) is 0 Å². The second kappa shape index (κ2) is 9.56. The number of rotatable bonds is 7. The standard InChI is InChI=1S/C19H21FN6O4S2/c1-22-32(29,30)12-14-5-3-6-15(9-14)24-18-17(20)10-23-19(26-18)25-16-7-2-4-13(8-16)11-31(21,27)28/h2-7,10-12,22H,8-9H2,1H3,(H2,21,27,28)(H2,23,24,25,26). The van der Waals surface area contributed by atoms with Gasteiger partial charge in [0.05, 0.1) is 6.20 Å². The Morgan fingerprint density at radius 2 is 1.59 bits per heavy atom. The quantitative estimate of drug-likeness (QED) is 0.460. The van der Waals surface area contributed by atoms with Crippen LogP contribution in [-0.2, 0) is 20.0 Å². The number of nitrogens with two attached hydrogens (primary N) is 1. The molecule has 0 fully saturated rings. The van der Waals surface area contributed by atoms with Crippen molar-refractivity contribution < 1.29 is 21.2 Å². The number of nitrogens with zero attached hydrogens (tertiary/aromatic N) is 2. The molecule has 0 aromatic carbocycles. The number of halogens is 1. The highest BCUT2D eigenvalue weighted by Gasteiger charge is 2.14. The predicted octanol–water partition coefficient (Wildman–Crippen LogP) is 1.73. The zero-order valence-corrected chi connectivity index (χ0v) is 18.5. The van der Waals surface area contributed by atoms with Crippen molar-refractivity contribution in [1.29, 1.82) is 0 Å². The first-order valence-corrected chi connectivity index (χ1v) is 12.4. The summed E-state index contributed by atoms with van der Waals surface area (Å²) >= 11 is 0. The monoisotopic (exact) mass is 480 g/mol. The Morgan fingerprint density at radius 1 is 1.00 bits per heavy atom. The summed E-state index contributed by atoms with van der Waals surface area (Å²) in [6.07, 6.45) is 11.3. The van der Waals surface area contributed by atoms with E-state index in [1.54, 1.807) is 36.5 Å². The summed E-state index contributed by atoms with van der Waals surface area (Å²) in [5.74, 6) is -0.718. The molecular weight excluding hydrogens is 459 g/mol. The number of hydrogen-bond donors (Lipinski definition) is 4. The number of aromatic nitrogens is 2. The Balaban J connectivity index is 1.74. The summed E-state index contributed by atoms with van der Waals surface area (Å²) in [4.78, 5) is 8.03. The van der Waals surface area contributed by atoms with Crippen LogP contribution in [0.1, 0.15) is 12.8 Å². The Morgan fingerprint density at radius 3 is 2.19 bits per heavy atom. The maximum Gasteiger partial charge on any atom is 0.233 e. The highest BCUT2D eigenvalue weighted by molar-refractivity contribution is 7.92. The summed E-state index contributed by atoms with van der Waals surface area (Å²) in [5.41, 5.74) is 2.09. The molecule has 0 bridgehead atoms. The number of hydrogen-bond acceptors (Lipinski definition) is 8. The number of sulfonamides is 2. The third-order valence-corrected chi connectivity index (χ3v) is 6.02. The molecule has 2 aliphatic rings. The maximum absolute atomic E-state index is 14.3. The summed E-state index contributed by atoms with van der Waals surface area (Å²) in [7, 11) is -6.03. The minimum absolute atomic E-state index is 0.0888. The lowest BCUT2D eigenvalue weighted by Crippen LogP contribution is -2.16. The van der Waals surface area contributed by atoms with Crippen LogP contribution in [0.5, 0.6) is 0 Å². The fourth-order valence-electron chi connectivity index (χ4n) is 2.86. The average molecular weight is 481 g/mol. The molecule has 170 valence electrons. The molecule has 10 nitrogen and oxygen atoms in total. The van der Waals surface area contributed by atoms with Gasteiger partial charge in [0.25, 0.3) is 0 Å². The third-order valence-electron chi connectivity index (χ3n) is 4.21. The van der Waals surface area contributed by atoms with Crippen molar-refractivity contribution >= 4 is 31.8 Å². The van der Waals surface area contributed by atoms with E-state index >= 15 is 0 Å². The van der Waals surface area contributed by atoms with Crippen LogP contribution in [0.25, 0.3) is 0 Å². The lowest BCUT2D eigenvalue weighted by Gasteiger charge is -2.16. The molecule has 0 radical (unpaired) electrons. The van der Waals surface area contributed by atoms with Crippen LogP contribution >= 0.6 is 0 Å². The van der Waals surface area contributed by atoms with E-state index in [9.17, 15) is 21.2 Å². The van der Waals surface area contributed by atoms with E-state index in [0.29, 0.717) is 22.5 Å². The highest BCUT2D eigenvalue weighted by atomic mass is 32.2. The lowest BCUT2D eigenvalue weighted by atomic mass is 10.1. The molecule has 1 aromatic heterocycles. The molecule has 0 atom stereocenters. The molecule has 0 unspecified atom stereocenters. The van der Waals surface area contributed by atoms with Gasteiger partial charge in [-0.25, -0.2) is 36.1 Å². The van der Waals surface area contributed by atoms with Crippen molar-refractivity contribution in [2.75, 3.05) is 17.7 Å². The number of primary sulfonamides is 1. The van der Waals surface area contributed by atoms with Gasteiger partial charge in [0, 0.05) is 35.1 Å². The van der Waals surface area contributed by atoms with E-state index < -0.39 is 25.9 Å². The van der Waals surface area contributed by atoms with Crippen LogP contribution in [0.4, 0.5) is 16.2 Å². The van der Waals surface area contributed by atoms with E-state index in [0.717, 1.165) is 17.0 Å². The fraction of sp³-hybridized carbons (Fsp3) is 0.158. The second-order valence-electron chi connectivity index (χ2n) is 6.82. The van der Waals surface area contributed by atoms with Crippen molar-refractivity contribution in [3.8, 4) is 0 Å². The van der Waals surface area contributed by atoms with Crippen LogP contribution in [0.2, 0.25) is 0 Å². The van der Waals surface area contributed by atoms with Crippen LogP contribution < -0.4 is 20.5 Å². The first-order chi connectivity index (χ1) is 15.0. The van der Waals surface area contributed by atoms with Crippen LogP contribution in [0.3, 0.4) is 0 Å². The summed E-state index contributed by atoms with van der Waals surface area (Å²) in [6.45, 7) is 0. The number of allylic oxidation sites excluding steroid dienone is 8. The van der Waals surface area contributed by atoms with Gasteiger partial charge in [-0.1, -0.05) is 24.3 Å². The van der Waals surface area contributed by atoms with Gasteiger partial charge in [0.2, 0.25) is 26.0 Å². The smallest absolute Gasteiger partial charge is 0.233 e. The Labute approximate surface area is 185 Å². The van der Waals surface area contributed by atoms with Crippen molar-refractivity contribution in [2.24, 2.45) is 5.14 Å². The van der Waals surface area contributed by atoms with Gasteiger partial charge < -0.3 is 10.6 Å². The zero-order valence-electron chi connectivity index (χ0n) is 16.9. The minimum Gasteiger partial charge on any atom is -0.341 e. The summed E-state index contributed by atoms with van der Waals surface area (Å²) in [6, 6.07) is 0. The summed E-state index contributed by atoms with van der Waals surface area (Å²) < 4.78 is 62.4. The van der Waals surface area contributed by atoms with E-state index in [-0.39, 0.29) is 24.6 Å². The second-order valence-corrected chi connectivity index (χ2v) is 9.97. The van der Waals surface area contributed by atoms with Gasteiger partial charge >= 0.3 is 0 Å². The Bertz CT molecular complexity index is 1310.